The Kier molecular flexibility index (Phi) is 5.68. The van der Waals surface area contributed by atoms with Crippen LogP contribution in [0.3, 0.4) is 0 Å². The van der Waals surface area contributed by atoms with Crippen molar-refractivity contribution >= 4 is 17.5 Å². The second-order valence-corrected chi connectivity index (χ2v) is 10.00. The molecule has 7 nitrogen and oxygen atoms in total. The monoisotopic (exact) mass is 437 g/mol. The summed E-state index contributed by atoms with van der Waals surface area (Å²) in [6, 6.07) is 2.46. The van der Waals surface area contributed by atoms with Crippen LogP contribution >= 0.6 is 0 Å². The Morgan fingerprint density at radius 1 is 1.03 bits per heavy atom. The van der Waals surface area contributed by atoms with Crippen LogP contribution < -0.4 is 0 Å². The predicted molar refractivity (Wildman–Crippen MR) is 122 cm³/mol. The molecule has 2 aliphatic heterocycles. The van der Waals surface area contributed by atoms with Gasteiger partial charge in [-0.15, -0.1) is 0 Å². The summed E-state index contributed by atoms with van der Waals surface area (Å²) >= 11 is 0. The van der Waals surface area contributed by atoms with Gasteiger partial charge in [0.05, 0.1) is 11.7 Å². The van der Waals surface area contributed by atoms with Crippen LogP contribution in [0.2, 0.25) is 0 Å². The van der Waals surface area contributed by atoms with E-state index in [4.69, 9.17) is 10.1 Å². The molecule has 2 unspecified atom stereocenters. The summed E-state index contributed by atoms with van der Waals surface area (Å²) in [6.07, 6.45) is 8.70. The summed E-state index contributed by atoms with van der Waals surface area (Å²) in [5.41, 5.74) is 4.92. The fourth-order valence-electron chi connectivity index (χ4n) is 5.62. The number of likely N-dealkylation sites (tertiary alicyclic amines) is 2. The topological polar surface area (TPSA) is 70.8 Å². The SMILES string of the molecule is Cc1nc2cc(C3CCCN3C(=O)C3CC3)nn2c(C)c1CCC(=O)N1CCCCC1C. The van der Waals surface area contributed by atoms with Crippen LogP contribution in [0.1, 0.15) is 87.0 Å². The molecule has 2 amide bonds. The number of piperidine rings is 1. The first kappa shape index (κ1) is 21.4. The first-order valence-corrected chi connectivity index (χ1v) is 12.4. The maximum absolute atomic E-state index is 12.9. The molecule has 2 saturated heterocycles. The lowest BCUT2D eigenvalue weighted by atomic mass is 10.0. The number of hydrogen-bond donors (Lipinski definition) is 0. The van der Waals surface area contributed by atoms with Crippen LogP contribution in [0.15, 0.2) is 6.07 Å². The Hall–Kier alpha value is -2.44. The Bertz CT molecular complexity index is 1040. The molecule has 32 heavy (non-hydrogen) atoms. The molecule has 0 radical (unpaired) electrons. The zero-order chi connectivity index (χ0) is 22.4. The van der Waals surface area contributed by atoms with Gasteiger partial charge in [0.2, 0.25) is 11.8 Å². The van der Waals surface area contributed by atoms with Crippen LogP contribution in [0.25, 0.3) is 5.65 Å². The molecule has 2 atom stereocenters. The van der Waals surface area contributed by atoms with Gasteiger partial charge in [-0.2, -0.15) is 5.10 Å². The van der Waals surface area contributed by atoms with Crippen molar-refractivity contribution in [3.05, 3.63) is 28.7 Å². The molecule has 5 rings (SSSR count). The number of carbonyl (C=O) groups excluding carboxylic acids is 2. The molecule has 3 fully saturated rings. The molecule has 7 heteroatoms. The predicted octanol–water partition coefficient (Wildman–Crippen LogP) is 3.75. The van der Waals surface area contributed by atoms with Gasteiger partial charge < -0.3 is 9.80 Å². The van der Waals surface area contributed by atoms with Crippen molar-refractivity contribution in [2.24, 2.45) is 5.92 Å². The molecule has 1 saturated carbocycles. The van der Waals surface area contributed by atoms with Gasteiger partial charge in [-0.3, -0.25) is 9.59 Å². The summed E-state index contributed by atoms with van der Waals surface area (Å²) < 4.78 is 1.92. The van der Waals surface area contributed by atoms with Crippen LogP contribution in [0.5, 0.6) is 0 Å². The number of amides is 2. The molecule has 0 bridgehead atoms. The highest BCUT2D eigenvalue weighted by Gasteiger charge is 2.39. The van der Waals surface area contributed by atoms with Crippen molar-refractivity contribution < 1.29 is 9.59 Å². The maximum Gasteiger partial charge on any atom is 0.226 e. The normalized spacial score (nSPS) is 23.8. The van der Waals surface area contributed by atoms with Crippen molar-refractivity contribution in [2.45, 2.75) is 90.6 Å². The zero-order valence-electron chi connectivity index (χ0n) is 19.6. The first-order chi connectivity index (χ1) is 15.4. The Balaban J connectivity index is 1.36. The lowest BCUT2D eigenvalue weighted by Gasteiger charge is -2.33. The molecular formula is C25H35N5O2. The third-order valence-corrected chi connectivity index (χ3v) is 7.70. The standard InChI is InChI=1S/C25H35N5O2/c1-16-7-4-5-13-28(16)24(31)12-11-20-17(2)26-23-15-21(27-30(23)18(20)3)22-8-6-14-29(22)25(32)19-9-10-19/h15-16,19,22H,4-14H2,1-3H3. The molecular weight excluding hydrogens is 402 g/mol. The highest BCUT2D eigenvalue weighted by Crippen LogP contribution is 2.38. The molecule has 172 valence electrons. The van der Waals surface area contributed by atoms with E-state index in [1.165, 1.54) is 6.42 Å². The minimum absolute atomic E-state index is 0.0649. The first-order valence-electron chi connectivity index (χ1n) is 12.4. The van der Waals surface area contributed by atoms with Gasteiger partial charge >= 0.3 is 0 Å². The number of aromatic nitrogens is 3. The Morgan fingerprint density at radius 3 is 2.56 bits per heavy atom. The van der Waals surface area contributed by atoms with Gasteiger partial charge in [-0.05, 0) is 77.7 Å². The fourth-order valence-corrected chi connectivity index (χ4v) is 5.62. The van der Waals surface area contributed by atoms with Crippen molar-refractivity contribution in [3.63, 3.8) is 0 Å². The van der Waals surface area contributed by atoms with Gasteiger partial charge in [0.25, 0.3) is 0 Å². The van der Waals surface area contributed by atoms with E-state index in [1.807, 2.05) is 22.4 Å². The van der Waals surface area contributed by atoms with E-state index in [-0.39, 0.29) is 17.9 Å². The van der Waals surface area contributed by atoms with E-state index in [2.05, 4.69) is 18.7 Å². The van der Waals surface area contributed by atoms with Gasteiger partial charge in [0, 0.05) is 48.9 Å². The van der Waals surface area contributed by atoms with Crippen LogP contribution in [0.4, 0.5) is 0 Å². The van der Waals surface area contributed by atoms with Gasteiger partial charge in [-0.25, -0.2) is 9.50 Å². The largest absolute Gasteiger partial charge is 0.340 e. The van der Waals surface area contributed by atoms with E-state index >= 15 is 0 Å². The Labute approximate surface area is 190 Å². The van der Waals surface area contributed by atoms with E-state index in [1.54, 1.807) is 0 Å². The lowest BCUT2D eigenvalue weighted by molar-refractivity contribution is -0.134. The zero-order valence-corrected chi connectivity index (χ0v) is 19.6. The number of carbonyl (C=O) groups is 2. The molecule has 0 spiro atoms. The maximum atomic E-state index is 12.9. The summed E-state index contributed by atoms with van der Waals surface area (Å²) in [4.78, 5) is 34.5. The average Bonchev–Trinajstić information content (AvgIpc) is 3.35. The quantitative estimate of drug-likeness (QED) is 0.714. The number of aryl methyl sites for hydroxylation is 2. The molecule has 4 heterocycles. The van der Waals surface area contributed by atoms with E-state index < -0.39 is 0 Å². The number of hydrogen-bond acceptors (Lipinski definition) is 4. The van der Waals surface area contributed by atoms with Crippen molar-refractivity contribution in [3.8, 4) is 0 Å². The summed E-state index contributed by atoms with van der Waals surface area (Å²) in [7, 11) is 0. The highest BCUT2D eigenvalue weighted by atomic mass is 16.2. The second kappa shape index (κ2) is 8.49. The fraction of sp³-hybridized carbons (Fsp3) is 0.680. The summed E-state index contributed by atoms with van der Waals surface area (Å²) in [5.74, 6) is 0.787. The van der Waals surface area contributed by atoms with Crippen molar-refractivity contribution in [1.29, 1.82) is 0 Å². The number of fused-ring (bicyclic) bond motifs is 1. The van der Waals surface area contributed by atoms with Gasteiger partial charge in [-0.1, -0.05) is 0 Å². The summed E-state index contributed by atoms with van der Waals surface area (Å²) in [5, 5.41) is 4.90. The third-order valence-electron chi connectivity index (χ3n) is 7.70. The van der Waals surface area contributed by atoms with E-state index in [0.29, 0.717) is 24.8 Å². The minimum Gasteiger partial charge on any atom is -0.340 e. The van der Waals surface area contributed by atoms with Gasteiger partial charge in [0.1, 0.15) is 0 Å². The highest BCUT2D eigenvalue weighted by molar-refractivity contribution is 5.81. The van der Waals surface area contributed by atoms with Crippen LogP contribution in [-0.2, 0) is 16.0 Å². The molecule has 0 aromatic carbocycles. The lowest BCUT2D eigenvalue weighted by Crippen LogP contribution is -2.42. The molecule has 2 aromatic rings. The third kappa shape index (κ3) is 3.90. The van der Waals surface area contributed by atoms with Crippen LogP contribution in [0, 0.1) is 19.8 Å². The molecule has 1 aliphatic carbocycles. The average molecular weight is 438 g/mol. The smallest absolute Gasteiger partial charge is 0.226 e. The van der Waals surface area contributed by atoms with Crippen molar-refractivity contribution in [1.82, 2.24) is 24.4 Å². The number of rotatable bonds is 5. The molecule has 0 N–H and O–H groups in total. The van der Waals surface area contributed by atoms with E-state index in [0.717, 1.165) is 79.9 Å². The molecule has 3 aliphatic rings. The number of nitrogens with zero attached hydrogens (tertiary/aromatic N) is 5. The molecule has 2 aromatic heterocycles. The van der Waals surface area contributed by atoms with Gasteiger partial charge in [0.15, 0.2) is 5.65 Å². The van der Waals surface area contributed by atoms with Crippen molar-refractivity contribution in [2.75, 3.05) is 13.1 Å². The minimum atomic E-state index is 0.0649. The summed E-state index contributed by atoms with van der Waals surface area (Å²) in [6.45, 7) is 7.98. The second-order valence-electron chi connectivity index (χ2n) is 10.00. The van der Waals surface area contributed by atoms with Crippen LogP contribution in [-0.4, -0.2) is 55.3 Å². The Morgan fingerprint density at radius 2 is 1.81 bits per heavy atom. The van der Waals surface area contributed by atoms with E-state index in [9.17, 15) is 9.59 Å².